The maximum Gasteiger partial charge on any atom is 0.294 e. The highest BCUT2D eigenvalue weighted by Crippen LogP contribution is 2.45. The molecule has 0 saturated heterocycles. The van der Waals surface area contributed by atoms with Gasteiger partial charge in [-0.2, -0.15) is 0 Å². The van der Waals surface area contributed by atoms with E-state index in [1.54, 1.807) is 0 Å². The van der Waals surface area contributed by atoms with Crippen LogP contribution in [0.25, 0.3) is 0 Å². The number of hydrogen-bond acceptors (Lipinski definition) is 3. The van der Waals surface area contributed by atoms with Crippen LogP contribution in [0.4, 0.5) is 0 Å². The highest BCUT2D eigenvalue weighted by molar-refractivity contribution is 7.46. The zero-order chi connectivity index (χ0) is 11.1. The van der Waals surface area contributed by atoms with Gasteiger partial charge in [0.1, 0.15) is 0 Å². The van der Waals surface area contributed by atoms with E-state index in [0.717, 1.165) is 13.1 Å². The van der Waals surface area contributed by atoms with Gasteiger partial charge in [-0.3, -0.25) is 0 Å². The lowest BCUT2D eigenvalue weighted by Crippen LogP contribution is -2.27. The quantitative estimate of drug-likeness (QED) is 0.643. The average molecular weight is 262 g/mol. The van der Waals surface area contributed by atoms with Crippen LogP contribution in [0, 0.1) is 11.8 Å². The Morgan fingerprint density at radius 1 is 1.00 bits per heavy atom. The lowest BCUT2D eigenvalue weighted by molar-refractivity contribution is 0.306. The summed E-state index contributed by atoms with van der Waals surface area (Å²) in [7, 11) is -1.32. The van der Waals surface area contributed by atoms with E-state index in [1.165, 1.54) is 0 Å². The molecule has 0 aromatic rings. The second-order valence-electron chi connectivity index (χ2n) is 4.04. The SMILES string of the molecule is CC(C)CN(CC(C)C)P(OCl)OCl. The molecule has 0 atom stereocenters. The van der Waals surface area contributed by atoms with Crippen LogP contribution in [0.3, 0.4) is 0 Å². The molecule has 0 fully saturated rings. The summed E-state index contributed by atoms with van der Waals surface area (Å²) in [4.78, 5) is 0. The van der Waals surface area contributed by atoms with Crippen LogP contribution < -0.4 is 0 Å². The molecule has 0 unspecified atom stereocenters. The van der Waals surface area contributed by atoms with Gasteiger partial charge in [-0.15, -0.1) is 0 Å². The maximum absolute atomic E-state index is 5.31. The topological polar surface area (TPSA) is 21.7 Å². The van der Waals surface area contributed by atoms with Gasteiger partial charge in [0.25, 0.3) is 8.53 Å². The molecule has 0 aromatic carbocycles. The van der Waals surface area contributed by atoms with E-state index in [9.17, 15) is 0 Å². The number of nitrogens with zero attached hydrogens (tertiary/aromatic N) is 1. The zero-order valence-corrected chi connectivity index (χ0v) is 11.4. The normalized spacial score (nSPS) is 12.4. The zero-order valence-electron chi connectivity index (χ0n) is 9.04. The molecule has 0 aliphatic rings. The van der Waals surface area contributed by atoms with Crippen molar-refractivity contribution in [3.63, 3.8) is 0 Å². The van der Waals surface area contributed by atoms with Crippen molar-refractivity contribution in [1.29, 1.82) is 0 Å². The Morgan fingerprint density at radius 2 is 1.36 bits per heavy atom. The molecule has 0 heterocycles. The van der Waals surface area contributed by atoms with Crippen LogP contribution in [0.2, 0.25) is 0 Å². The smallest absolute Gasteiger partial charge is 0.234 e. The fourth-order valence-electron chi connectivity index (χ4n) is 1.15. The number of halogens is 2. The van der Waals surface area contributed by atoms with Gasteiger partial charge in [0.15, 0.2) is 0 Å². The fraction of sp³-hybridized carbons (Fsp3) is 1.00. The maximum atomic E-state index is 5.31. The summed E-state index contributed by atoms with van der Waals surface area (Å²) in [6.45, 7) is 10.2. The van der Waals surface area contributed by atoms with E-state index in [4.69, 9.17) is 23.7 Å². The minimum Gasteiger partial charge on any atom is -0.234 e. The molecule has 0 bridgehead atoms. The summed E-state index contributed by atoms with van der Waals surface area (Å²) in [5.41, 5.74) is 0. The molecular formula is C8H18Cl2NO2P. The second-order valence-corrected chi connectivity index (χ2v) is 6.18. The van der Waals surface area contributed by atoms with Gasteiger partial charge >= 0.3 is 0 Å². The van der Waals surface area contributed by atoms with E-state index in [2.05, 4.69) is 35.8 Å². The molecule has 0 aliphatic carbocycles. The molecule has 0 spiro atoms. The number of rotatable bonds is 7. The molecule has 0 N–H and O–H groups in total. The Hall–Kier alpha value is 0.890. The van der Waals surface area contributed by atoms with E-state index in [0.29, 0.717) is 11.8 Å². The molecule has 6 heteroatoms. The van der Waals surface area contributed by atoms with Gasteiger partial charge < -0.3 is 0 Å². The number of hydrogen-bond donors (Lipinski definition) is 0. The summed E-state index contributed by atoms with van der Waals surface area (Å²) >= 11 is 10.6. The van der Waals surface area contributed by atoms with Crippen molar-refractivity contribution >= 4 is 32.3 Å². The first kappa shape index (κ1) is 14.9. The van der Waals surface area contributed by atoms with Crippen LogP contribution in [-0.2, 0) is 8.15 Å². The Balaban J connectivity index is 4.20. The van der Waals surface area contributed by atoms with Gasteiger partial charge in [0, 0.05) is 13.1 Å². The first-order chi connectivity index (χ1) is 6.51. The van der Waals surface area contributed by atoms with E-state index >= 15 is 0 Å². The monoisotopic (exact) mass is 261 g/mol. The van der Waals surface area contributed by atoms with Gasteiger partial charge in [-0.1, -0.05) is 27.7 Å². The van der Waals surface area contributed by atoms with Crippen molar-refractivity contribution in [1.82, 2.24) is 4.67 Å². The lowest BCUT2D eigenvalue weighted by atomic mass is 10.2. The summed E-state index contributed by atoms with van der Waals surface area (Å²) in [6.07, 6.45) is 0. The minimum absolute atomic E-state index is 0.525. The van der Waals surface area contributed by atoms with Gasteiger partial charge in [0.05, 0.1) is 23.7 Å². The van der Waals surface area contributed by atoms with Gasteiger partial charge in [0.2, 0.25) is 0 Å². The van der Waals surface area contributed by atoms with Gasteiger partial charge in [-0.25, -0.2) is 12.8 Å². The third-order valence-corrected chi connectivity index (χ3v) is 3.23. The van der Waals surface area contributed by atoms with E-state index < -0.39 is 8.53 Å². The molecule has 86 valence electrons. The van der Waals surface area contributed by atoms with Crippen molar-refractivity contribution in [2.24, 2.45) is 11.8 Å². The third-order valence-electron chi connectivity index (χ3n) is 1.50. The van der Waals surface area contributed by atoms with Crippen LogP contribution >= 0.6 is 32.3 Å². The van der Waals surface area contributed by atoms with Crippen LogP contribution in [0.15, 0.2) is 0 Å². The van der Waals surface area contributed by atoms with Crippen LogP contribution in [0.5, 0.6) is 0 Å². The molecule has 0 amide bonds. The van der Waals surface area contributed by atoms with Crippen LogP contribution in [-0.4, -0.2) is 17.8 Å². The third kappa shape index (κ3) is 6.39. The Labute approximate surface area is 98.0 Å². The summed E-state index contributed by atoms with van der Waals surface area (Å²) in [5, 5.41) is 0. The van der Waals surface area contributed by atoms with Crippen molar-refractivity contribution in [2.75, 3.05) is 13.1 Å². The van der Waals surface area contributed by atoms with Crippen molar-refractivity contribution < 1.29 is 8.15 Å². The predicted octanol–water partition coefficient (Wildman–Crippen LogP) is 4.17. The van der Waals surface area contributed by atoms with E-state index in [1.807, 2.05) is 4.67 Å². The molecule has 0 aromatic heterocycles. The molecule has 0 saturated carbocycles. The highest BCUT2D eigenvalue weighted by atomic mass is 35.5. The Bertz CT molecular complexity index is 135. The molecular weight excluding hydrogens is 244 g/mol. The first-order valence-corrected chi connectivity index (χ1v) is 6.38. The average Bonchev–Trinajstić information content (AvgIpc) is 2.03. The second kappa shape index (κ2) is 8.09. The largest absolute Gasteiger partial charge is 0.294 e. The van der Waals surface area contributed by atoms with Gasteiger partial charge in [-0.05, 0) is 11.8 Å². The molecule has 14 heavy (non-hydrogen) atoms. The molecule has 0 radical (unpaired) electrons. The predicted molar refractivity (Wildman–Crippen MR) is 62.0 cm³/mol. The highest BCUT2D eigenvalue weighted by Gasteiger charge is 2.23. The molecule has 3 nitrogen and oxygen atoms in total. The van der Waals surface area contributed by atoms with E-state index in [-0.39, 0.29) is 0 Å². The Morgan fingerprint density at radius 3 is 1.57 bits per heavy atom. The fourth-order valence-corrected chi connectivity index (χ4v) is 3.04. The minimum atomic E-state index is -1.32. The first-order valence-electron chi connectivity index (χ1n) is 4.63. The Kier molecular flexibility index (Phi) is 8.60. The summed E-state index contributed by atoms with van der Waals surface area (Å²) < 4.78 is 11.4. The van der Waals surface area contributed by atoms with Crippen molar-refractivity contribution in [2.45, 2.75) is 27.7 Å². The van der Waals surface area contributed by atoms with Crippen molar-refractivity contribution in [3.8, 4) is 0 Å². The molecule has 0 rings (SSSR count). The van der Waals surface area contributed by atoms with Crippen molar-refractivity contribution in [3.05, 3.63) is 0 Å². The van der Waals surface area contributed by atoms with Crippen LogP contribution in [0.1, 0.15) is 27.7 Å². The summed E-state index contributed by atoms with van der Waals surface area (Å²) in [6, 6.07) is 0. The standard InChI is InChI=1S/C8H18Cl2NO2P/c1-7(2)5-11(6-8(3)4)14(12-9)13-10/h7-8H,5-6H2,1-4H3. The molecule has 0 aliphatic heterocycles. The summed E-state index contributed by atoms with van der Waals surface area (Å²) in [5.74, 6) is 1.05. The lowest BCUT2D eigenvalue weighted by Gasteiger charge is -2.27.